The SMILES string of the molecule is O=S([O-])S(=O)(=O)[O-].[Li+].[Li+]. The molecular formula is Li2O5S2. The molecule has 0 saturated heterocycles. The topological polar surface area (TPSA) is 97.3 Å². The van der Waals surface area contributed by atoms with Gasteiger partial charge >= 0.3 is 37.7 Å². The van der Waals surface area contributed by atoms with Crippen molar-refractivity contribution in [2.24, 2.45) is 0 Å². The number of hydrogen-bond acceptors (Lipinski definition) is 5. The van der Waals surface area contributed by atoms with Crippen molar-refractivity contribution in [3.63, 3.8) is 0 Å². The summed E-state index contributed by atoms with van der Waals surface area (Å²) in [5.74, 6) is 0. The zero-order valence-electron chi connectivity index (χ0n) is 4.86. The molecule has 5 nitrogen and oxygen atoms in total. The second kappa shape index (κ2) is 5.96. The Labute approximate surface area is 78.4 Å². The monoisotopic (exact) mass is 158 g/mol. The zero-order chi connectivity index (χ0) is 6.08. The van der Waals surface area contributed by atoms with Crippen molar-refractivity contribution in [3.05, 3.63) is 0 Å². The first kappa shape index (κ1) is 16.7. The number of rotatable bonds is 1. The molecule has 0 aliphatic rings. The maximum absolute atomic E-state index is 9.16. The second-order valence-corrected chi connectivity index (χ2v) is 3.88. The Morgan fingerprint density at radius 2 is 1.33 bits per heavy atom. The van der Waals surface area contributed by atoms with Gasteiger partial charge in [-0.1, -0.05) is 0 Å². The van der Waals surface area contributed by atoms with Crippen LogP contribution in [0.1, 0.15) is 0 Å². The van der Waals surface area contributed by atoms with Crippen LogP contribution in [0.5, 0.6) is 0 Å². The van der Waals surface area contributed by atoms with Gasteiger partial charge in [0, 0.05) is 0 Å². The van der Waals surface area contributed by atoms with Crippen LogP contribution < -0.4 is 37.7 Å². The molecule has 0 aliphatic heterocycles. The summed E-state index contributed by atoms with van der Waals surface area (Å²) in [5.41, 5.74) is 0. The van der Waals surface area contributed by atoms with Crippen molar-refractivity contribution in [1.29, 1.82) is 0 Å². The normalized spacial score (nSPS) is 12.7. The van der Waals surface area contributed by atoms with Crippen molar-refractivity contribution < 1.29 is 59.5 Å². The summed E-state index contributed by atoms with van der Waals surface area (Å²) >= 11 is 0. The van der Waals surface area contributed by atoms with Crippen molar-refractivity contribution in [3.8, 4) is 0 Å². The summed E-state index contributed by atoms with van der Waals surface area (Å²) in [6.45, 7) is 0. The molecule has 1 atom stereocenters. The minimum absolute atomic E-state index is 0. The van der Waals surface area contributed by atoms with Gasteiger partial charge in [-0.2, -0.15) is 0 Å². The molecular weight excluding hydrogens is 158 g/mol. The van der Waals surface area contributed by atoms with Crippen molar-refractivity contribution in [1.82, 2.24) is 0 Å². The maximum Gasteiger partial charge on any atom is 1.00 e. The van der Waals surface area contributed by atoms with Crippen LogP contribution in [0, 0.1) is 0 Å². The molecule has 0 saturated carbocycles. The predicted octanol–water partition coefficient (Wildman–Crippen LogP) is -7.67. The van der Waals surface area contributed by atoms with Crippen molar-refractivity contribution in [2.75, 3.05) is 0 Å². The fourth-order valence-electron chi connectivity index (χ4n) is 0. The van der Waals surface area contributed by atoms with Crippen LogP contribution in [0.4, 0.5) is 0 Å². The van der Waals surface area contributed by atoms with Crippen LogP contribution in [0.2, 0.25) is 0 Å². The summed E-state index contributed by atoms with van der Waals surface area (Å²) in [6, 6.07) is 0. The summed E-state index contributed by atoms with van der Waals surface area (Å²) in [7, 11) is -8.59. The van der Waals surface area contributed by atoms with Gasteiger partial charge in [0.25, 0.3) is 0 Å². The van der Waals surface area contributed by atoms with E-state index in [0.717, 1.165) is 0 Å². The average Bonchev–Trinajstić information content (AvgIpc) is 1.31. The van der Waals surface area contributed by atoms with E-state index in [0.29, 0.717) is 0 Å². The van der Waals surface area contributed by atoms with Gasteiger partial charge < -0.3 is 9.11 Å². The first-order valence-corrected chi connectivity index (χ1v) is 4.00. The molecule has 0 fully saturated rings. The molecule has 0 heterocycles. The molecule has 1 unspecified atom stereocenters. The van der Waals surface area contributed by atoms with Crippen LogP contribution in [0.15, 0.2) is 0 Å². The van der Waals surface area contributed by atoms with Crippen LogP contribution in [0.25, 0.3) is 0 Å². The minimum Gasteiger partial charge on any atom is -0.761 e. The molecule has 0 rings (SSSR count). The van der Waals surface area contributed by atoms with E-state index in [-0.39, 0.29) is 37.7 Å². The molecule has 9 heteroatoms. The Kier molecular flexibility index (Phi) is 11.0. The van der Waals surface area contributed by atoms with Crippen LogP contribution in [-0.2, 0) is 19.3 Å². The van der Waals surface area contributed by atoms with Gasteiger partial charge in [-0.3, -0.25) is 4.21 Å². The summed E-state index contributed by atoms with van der Waals surface area (Å²) in [5, 5.41) is 0. The summed E-state index contributed by atoms with van der Waals surface area (Å²) < 4.78 is 45.7. The van der Waals surface area contributed by atoms with E-state index >= 15 is 0 Å². The van der Waals surface area contributed by atoms with E-state index in [4.69, 9.17) is 21.7 Å². The molecule has 0 aromatic carbocycles. The van der Waals surface area contributed by atoms with Crippen molar-refractivity contribution in [2.45, 2.75) is 0 Å². The largest absolute Gasteiger partial charge is 1.00 e. The molecule has 0 spiro atoms. The van der Waals surface area contributed by atoms with E-state index in [2.05, 4.69) is 0 Å². The van der Waals surface area contributed by atoms with Gasteiger partial charge in [0.05, 0.1) is 10.1 Å². The van der Waals surface area contributed by atoms with Gasteiger partial charge in [-0.25, -0.2) is 8.42 Å². The van der Waals surface area contributed by atoms with Gasteiger partial charge in [0.1, 0.15) is 0 Å². The average molecular weight is 158 g/mol. The van der Waals surface area contributed by atoms with E-state index < -0.39 is 19.3 Å². The van der Waals surface area contributed by atoms with Gasteiger partial charge in [-0.05, 0) is 0 Å². The molecule has 0 N–H and O–H groups in total. The van der Waals surface area contributed by atoms with E-state index in [1.54, 1.807) is 0 Å². The van der Waals surface area contributed by atoms with E-state index in [9.17, 15) is 0 Å². The van der Waals surface area contributed by atoms with E-state index in [1.807, 2.05) is 0 Å². The Hall–Kier alpha value is 1.21. The van der Waals surface area contributed by atoms with Gasteiger partial charge in [0.15, 0.2) is 9.15 Å². The Balaban J connectivity index is -0.000000180. The van der Waals surface area contributed by atoms with Crippen LogP contribution in [0.3, 0.4) is 0 Å². The fourth-order valence-corrected chi connectivity index (χ4v) is 0. The fraction of sp³-hybridized carbons (Fsp3) is 0. The molecule has 0 aliphatic carbocycles. The third-order valence-corrected chi connectivity index (χ3v) is 1.50. The maximum atomic E-state index is 9.16. The predicted molar refractivity (Wildman–Crippen MR) is 18.6 cm³/mol. The molecule has 0 aromatic rings. The zero-order valence-corrected chi connectivity index (χ0v) is 6.49. The molecule has 0 amide bonds. The summed E-state index contributed by atoms with van der Waals surface area (Å²) in [4.78, 5) is 0. The Morgan fingerprint density at radius 1 is 1.22 bits per heavy atom. The first-order chi connectivity index (χ1) is 2.94. The smallest absolute Gasteiger partial charge is 0.761 e. The first-order valence-electron chi connectivity index (χ1n) is 1.00. The van der Waals surface area contributed by atoms with Gasteiger partial charge in [-0.15, -0.1) is 0 Å². The molecule has 44 valence electrons. The molecule has 0 radical (unpaired) electrons. The molecule has 0 aromatic heterocycles. The van der Waals surface area contributed by atoms with Crippen LogP contribution >= 0.6 is 0 Å². The standard InChI is InChI=1S/2Li.H2O5S2/c;;1-6(2)7(3,4)5/h;;(H,1,2)(H,3,4,5)/q2*+1;/p-2. The third-order valence-electron chi connectivity index (χ3n) is 0.167. The Morgan fingerprint density at radius 3 is 1.33 bits per heavy atom. The summed E-state index contributed by atoms with van der Waals surface area (Å²) in [6.07, 6.45) is 0. The second-order valence-electron chi connectivity index (χ2n) is 0.612. The van der Waals surface area contributed by atoms with Gasteiger partial charge in [0.2, 0.25) is 0 Å². The molecule has 0 bridgehead atoms. The van der Waals surface area contributed by atoms with E-state index in [1.165, 1.54) is 0 Å². The third kappa shape index (κ3) is 9.21. The van der Waals surface area contributed by atoms with Crippen LogP contribution in [-0.4, -0.2) is 21.7 Å². The van der Waals surface area contributed by atoms with Crippen molar-refractivity contribution >= 4 is 19.3 Å². The number of hydrogen-bond donors (Lipinski definition) is 0. The Bertz CT molecular complexity index is 167. The minimum atomic E-state index is -5.07. The molecule has 9 heavy (non-hydrogen) atoms. The quantitative estimate of drug-likeness (QED) is 0.163.